The highest BCUT2D eigenvalue weighted by molar-refractivity contribution is 7.91. The summed E-state index contributed by atoms with van der Waals surface area (Å²) in [4.78, 5) is 0.144. The van der Waals surface area contributed by atoms with Crippen LogP contribution in [0.25, 0.3) is 0 Å². The first-order valence-corrected chi connectivity index (χ1v) is 9.56. The van der Waals surface area contributed by atoms with E-state index < -0.39 is 19.9 Å². The predicted molar refractivity (Wildman–Crippen MR) is 77.5 cm³/mol. The SMILES string of the molecule is Cc1cc(S(=O)(=O)NCC2CCS(=O)(=O)C2)ccc1N. The van der Waals surface area contributed by atoms with Crippen LogP contribution in [0.4, 0.5) is 5.69 Å². The maximum Gasteiger partial charge on any atom is 0.240 e. The molecule has 112 valence electrons. The van der Waals surface area contributed by atoms with Crippen molar-refractivity contribution >= 4 is 25.5 Å². The van der Waals surface area contributed by atoms with Gasteiger partial charge in [-0.3, -0.25) is 0 Å². The number of hydrogen-bond acceptors (Lipinski definition) is 5. The molecule has 0 spiro atoms. The predicted octanol–water partition coefficient (Wildman–Crippen LogP) is 0.290. The average molecular weight is 318 g/mol. The molecule has 0 bridgehead atoms. The summed E-state index contributed by atoms with van der Waals surface area (Å²) in [6.45, 7) is 1.88. The van der Waals surface area contributed by atoms with Crippen molar-refractivity contribution < 1.29 is 16.8 Å². The van der Waals surface area contributed by atoms with Crippen molar-refractivity contribution in [2.75, 3.05) is 23.8 Å². The summed E-state index contributed by atoms with van der Waals surface area (Å²) in [5, 5.41) is 0. The summed E-state index contributed by atoms with van der Waals surface area (Å²) < 4.78 is 49.3. The van der Waals surface area contributed by atoms with E-state index in [1.807, 2.05) is 0 Å². The van der Waals surface area contributed by atoms with Crippen LogP contribution in [0.3, 0.4) is 0 Å². The lowest BCUT2D eigenvalue weighted by Crippen LogP contribution is -2.30. The molecule has 1 saturated heterocycles. The number of aryl methyl sites for hydroxylation is 1. The number of rotatable bonds is 4. The van der Waals surface area contributed by atoms with Crippen molar-refractivity contribution in [3.8, 4) is 0 Å². The number of benzene rings is 1. The highest BCUT2D eigenvalue weighted by Gasteiger charge is 2.29. The maximum absolute atomic E-state index is 12.1. The van der Waals surface area contributed by atoms with Crippen LogP contribution >= 0.6 is 0 Å². The van der Waals surface area contributed by atoms with Gasteiger partial charge < -0.3 is 5.73 Å². The Bertz CT molecular complexity index is 711. The van der Waals surface area contributed by atoms with E-state index in [2.05, 4.69) is 4.72 Å². The number of anilines is 1. The van der Waals surface area contributed by atoms with Gasteiger partial charge in [-0.15, -0.1) is 0 Å². The van der Waals surface area contributed by atoms with Gasteiger partial charge in [0.15, 0.2) is 9.84 Å². The third kappa shape index (κ3) is 3.50. The van der Waals surface area contributed by atoms with Crippen LogP contribution in [0.5, 0.6) is 0 Å². The van der Waals surface area contributed by atoms with Crippen LogP contribution < -0.4 is 10.5 Å². The number of hydrogen-bond donors (Lipinski definition) is 2. The van der Waals surface area contributed by atoms with Crippen molar-refractivity contribution in [1.29, 1.82) is 0 Å². The molecule has 0 aliphatic carbocycles. The van der Waals surface area contributed by atoms with E-state index in [1.165, 1.54) is 12.1 Å². The van der Waals surface area contributed by atoms with Gasteiger partial charge in [-0.1, -0.05) is 0 Å². The van der Waals surface area contributed by atoms with Crippen molar-refractivity contribution in [3.05, 3.63) is 23.8 Å². The van der Waals surface area contributed by atoms with E-state index >= 15 is 0 Å². The average Bonchev–Trinajstić information content (AvgIpc) is 2.70. The Hall–Kier alpha value is -1.12. The fourth-order valence-electron chi connectivity index (χ4n) is 2.16. The lowest BCUT2D eigenvalue weighted by Gasteiger charge is -2.11. The third-order valence-corrected chi connectivity index (χ3v) is 6.70. The van der Waals surface area contributed by atoms with Crippen LogP contribution in [0, 0.1) is 12.8 Å². The van der Waals surface area contributed by atoms with Crippen molar-refractivity contribution in [2.24, 2.45) is 5.92 Å². The van der Waals surface area contributed by atoms with E-state index in [-0.39, 0.29) is 28.9 Å². The molecular formula is C12H18N2O4S2. The number of sulfone groups is 1. The van der Waals surface area contributed by atoms with Gasteiger partial charge in [-0.05, 0) is 43.0 Å². The smallest absolute Gasteiger partial charge is 0.240 e. The van der Waals surface area contributed by atoms with Crippen LogP contribution in [-0.2, 0) is 19.9 Å². The molecule has 20 heavy (non-hydrogen) atoms. The normalized spacial score (nSPS) is 21.9. The highest BCUT2D eigenvalue weighted by atomic mass is 32.2. The van der Waals surface area contributed by atoms with Crippen LogP contribution in [0.1, 0.15) is 12.0 Å². The van der Waals surface area contributed by atoms with Gasteiger partial charge in [0.05, 0.1) is 16.4 Å². The van der Waals surface area contributed by atoms with Crippen LogP contribution in [-0.4, -0.2) is 34.9 Å². The highest BCUT2D eigenvalue weighted by Crippen LogP contribution is 2.20. The first-order chi connectivity index (χ1) is 9.20. The van der Waals surface area contributed by atoms with E-state index in [9.17, 15) is 16.8 Å². The Morgan fingerprint density at radius 3 is 2.65 bits per heavy atom. The van der Waals surface area contributed by atoms with Gasteiger partial charge in [-0.25, -0.2) is 21.6 Å². The largest absolute Gasteiger partial charge is 0.399 e. The second kappa shape index (κ2) is 5.34. The molecule has 1 aliphatic rings. The number of nitrogens with two attached hydrogens (primary N) is 1. The first kappa shape index (κ1) is 15.3. The molecule has 1 atom stereocenters. The molecule has 1 aliphatic heterocycles. The lowest BCUT2D eigenvalue weighted by atomic mass is 10.1. The fraction of sp³-hybridized carbons (Fsp3) is 0.500. The van der Waals surface area contributed by atoms with E-state index in [1.54, 1.807) is 13.0 Å². The molecule has 0 radical (unpaired) electrons. The summed E-state index contributed by atoms with van der Waals surface area (Å²) in [7, 11) is -6.62. The Kier molecular flexibility index (Phi) is 4.08. The monoisotopic (exact) mass is 318 g/mol. The molecular weight excluding hydrogens is 300 g/mol. The van der Waals surface area contributed by atoms with Crippen molar-refractivity contribution in [3.63, 3.8) is 0 Å². The summed E-state index contributed by atoms with van der Waals surface area (Å²) in [5.74, 6) is 0.0427. The summed E-state index contributed by atoms with van der Waals surface area (Å²) in [6, 6.07) is 4.49. The number of nitrogen functional groups attached to an aromatic ring is 1. The van der Waals surface area contributed by atoms with E-state index in [0.717, 1.165) is 0 Å². The lowest BCUT2D eigenvalue weighted by molar-refractivity contribution is 0.543. The molecule has 3 N–H and O–H groups in total. The molecule has 6 nitrogen and oxygen atoms in total. The van der Waals surface area contributed by atoms with Gasteiger partial charge in [-0.2, -0.15) is 0 Å². The van der Waals surface area contributed by atoms with Gasteiger partial charge in [0.1, 0.15) is 0 Å². The Morgan fingerprint density at radius 1 is 1.40 bits per heavy atom. The minimum Gasteiger partial charge on any atom is -0.399 e. The summed E-state index contributed by atoms with van der Waals surface area (Å²) in [6.07, 6.45) is 0.506. The van der Waals surface area contributed by atoms with Gasteiger partial charge >= 0.3 is 0 Å². The van der Waals surface area contributed by atoms with E-state index in [0.29, 0.717) is 17.7 Å². The van der Waals surface area contributed by atoms with Crippen LogP contribution in [0.15, 0.2) is 23.1 Å². The first-order valence-electron chi connectivity index (χ1n) is 6.26. The molecule has 2 rings (SSSR count). The Labute approximate surface area is 119 Å². The van der Waals surface area contributed by atoms with Gasteiger partial charge in [0.2, 0.25) is 10.0 Å². The zero-order chi connectivity index (χ0) is 15.0. The summed E-state index contributed by atoms with van der Waals surface area (Å²) in [5.41, 5.74) is 6.88. The standard InChI is InChI=1S/C12H18N2O4S2/c1-9-6-11(2-3-12(9)13)20(17,18)14-7-10-4-5-19(15,16)8-10/h2-3,6,10,14H,4-5,7-8,13H2,1H3. The molecule has 1 heterocycles. The molecule has 0 amide bonds. The zero-order valence-corrected chi connectivity index (χ0v) is 12.8. The number of nitrogens with one attached hydrogen (secondary N) is 1. The molecule has 1 aromatic carbocycles. The molecule has 8 heteroatoms. The maximum atomic E-state index is 12.1. The van der Waals surface area contributed by atoms with Crippen LogP contribution in [0.2, 0.25) is 0 Å². The molecule has 1 fully saturated rings. The Morgan fingerprint density at radius 2 is 2.10 bits per heavy atom. The minimum absolute atomic E-state index is 0.0519. The third-order valence-electron chi connectivity index (χ3n) is 3.44. The van der Waals surface area contributed by atoms with Gasteiger partial charge in [0.25, 0.3) is 0 Å². The quantitative estimate of drug-likeness (QED) is 0.776. The van der Waals surface area contributed by atoms with Crippen molar-refractivity contribution in [1.82, 2.24) is 4.72 Å². The molecule has 1 unspecified atom stereocenters. The van der Waals surface area contributed by atoms with Crippen molar-refractivity contribution in [2.45, 2.75) is 18.2 Å². The van der Waals surface area contributed by atoms with E-state index in [4.69, 9.17) is 5.73 Å². The fourth-order valence-corrected chi connectivity index (χ4v) is 5.22. The van der Waals surface area contributed by atoms with Gasteiger partial charge in [0, 0.05) is 12.2 Å². The summed E-state index contributed by atoms with van der Waals surface area (Å²) >= 11 is 0. The second-order valence-electron chi connectivity index (χ2n) is 5.14. The molecule has 1 aromatic rings. The minimum atomic E-state index is -3.62. The zero-order valence-electron chi connectivity index (χ0n) is 11.2. The molecule has 0 saturated carbocycles. The Balaban J connectivity index is 2.06. The second-order valence-corrected chi connectivity index (χ2v) is 9.14. The number of sulfonamides is 1. The topological polar surface area (TPSA) is 106 Å². The molecule has 0 aromatic heterocycles.